The highest BCUT2D eigenvalue weighted by Crippen LogP contribution is 2.53. The number of rotatable bonds is 6. The summed E-state index contributed by atoms with van der Waals surface area (Å²) >= 11 is 0. The quantitative estimate of drug-likeness (QED) is 0.320. The van der Waals surface area contributed by atoms with Gasteiger partial charge in [-0.2, -0.15) is 0 Å². The first-order valence-electron chi connectivity index (χ1n) is 10.1. The normalized spacial score (nSPS) is 28.2. The number of ketones is 1. The summed E-state index contributed by atoms with van der Waals surface area (Å²) in [6, 6.07) is 5.99. The van der Waals surface area contributed by atoms with Crippen LogP contribution in [-0.4, -0.2) is 41.1 Å². The molecular weight excluding hydrogens is 370 g/mol. The number of likely N-dealkylation sites (tertiary alicyclic amines) is 1. The lowest BCUT2D eigenvalue weighted by atomic mass is 9.85. The summed E-state index contributed by atoms with van der Waals surface area (Å²) in [5, 5.41) is 0. The maximum atomic E-state index is 13.0. The van der Waals surface area contributed by atoms with E-state index in [0.29, 0.717) is 5.56 Å². The number of ether oxygens (including phenoxy) is 1. The van der Waals surface area contributed by atoms with Crippen molar-refractivity contribution in [2.24, 2.45) is 29.6 Å². The molecule has 1 aromatic rings. The number of nitrogens with zero attached hydrogens (tertiary/aromatic N) is 1. The first-order valence-corrected chi connectivity index (χ1v) is 10.1. The Hall–Kier alpha value is -2.76. The number of hydrogen-bond donors (Lipinski definition) is 0. The summed E-state index contributed by atoms with van der Waals surface area (Å²) in [6.45, 7) is 5.05. The van der Waals surface area contributed by atoms with E-state index in [0.717, 1.165) is 16.9 Å². The molecule has 29 heavy (non-hydrogen) atoms. The van der Waals surface area contributed by atoms with Crippen LogP contribution in [0.25, 0.3) is 0 Å². The van der Waals surface area contributed by atoms with Crippen LogP contribution >= 0.6 is 0 Å². The van der Waals surface area contributed by atoms with Crippen molar-refractivity contribution >= 4 is 23.6 Å². The van der Waals surface area contributed by atoms with E-state index >= 15 is 0 Å². The minimum Gasteiger partial charge on any atom is -0.456 e. The molecule has 0 unspecified atom stereocenters. The fourth-order valence-electron chi connectivity index (χ4n) is 4.92. The Morgan fingerprint density at radius 3 is 2.10 bits per heavy atom. The molecule has 2 fully saturated rings. The van der Waals surface area contributed by atoms with Crippen LogP contribution in [0.15, 0.2) is 36.4 Å². The molecule has 4 rings (SSSR count). The van der Waals surface area contributed by atoms with Crippen LogP contribution in [-0.2, 0) is 19.1 Å². The predicted octanol–water partition coefficient (Wildman–Crippen LogP) is 2.55. The summed E-state index contributed by atoms with van der Waals surface area (Å²) in [6.07, 6.45) is 4.87. The standard InChI is InChI=1S/C23H25NO5/c1-12(2)20(23(28)29-11-17(25)14-6-4-13(3)5-7-14)24-21(26)18-15-8-9-16(10-15)19(18)22(24)27/h4-9,12,15-16,18-20H,10-11H2,1-3H3/t15-,16-,18-,19+,20+/m0/s1. The van der Waals surface area contributed by atoms with E-state index in [2.05, 4.69) is 0 Å². The van der Waals surface area contributed by atoms with Crippen LogP contribution in [0, 0.1) is 36.5 Å². The molecule has 1 saturated heterocycles. The van der Waals surface area contributed by atoms with Crippen LogP contribution < -0.4 is 0 Å². The third-order valence-electron chi connectivity index (χ3n) is 6.37. The molecule has 6 nitrogen and oxygen atoms in total. The van der Waals surface area contributed by atoms with Crippen molar-refractivity contribution in [3.05, 3.63) is 47.5 Å². The lowest BCUT2D eigenvalue weighted by Crippen LogP contribution is -2.50. The topological polar surface area (TPSA) is 80.8 Å². The average molecular weight is 395 g/mol. The highest BCUT2D eigenvalue weighted by atomic mass is 16.5. The van der Waals surface area contributed by atoms with Gasteiger partial charge in [0.25, 0.3) is 0 Å². The second kappa shape index (κ2) is 7.25. The van der Waals surface area contributed by atoms with Crippen LogP contribution in [0.5, 0.6) is 0 Å². The van der Waals surface area contributed by atoms with E-state index in [1.165, 1.54) is 0 Å². The fraction of sp³-hybridized carbons (Fsp3) is 0.478. The third-order valence-corrected chi connectivity index (χ3v) is 6.37. The molecule has 2 aliphatic carbocycles. The van der Waals surface area contributed by atoms with Gasteiger partial charge >= 0.3 is 5.97 Å². The summed E-state index contributed by atoms with van der Waals surface area (Å²) in [7, 11) is 0. The van der Waals surface area contributed by atoms with Crippen molar-refractivity contribution in [2.75, 3.05) is 6.61 Å². The first kappa shape index (κ1) is 19.6. The molecule has 3 aliphatic rings. The van der Waals surface area contributed by atoms with Crippen molar-refractivity contribution in [2.45, 2.75) is 33.2 Å². The van der Waals surface area contributed by atoms with Crippen molar-refractivity contribution < 1.29 is 23.9 Å². The molecule has 1 heterocycles. The number of carbonyl (C=O) groups is 4. The molecule has 6 heteroatoms. The number of carbonyl (C=O) groups excluding carboxylic acids is 4. The highest BCUT2D eigenvalue weighted by Gasteiger charge is 2.61. The zero-order chi connectivity index (χ0) is 20.9. The Labute approximate surface area is 169 Å². The van der Waals surface area contributed by atoms with Crippen molar-refractivity contribution in [3.8, 4) is 0 Å². The molecule has 152 valence electrons. The van der Waals surface area contributed by atoms with Crippen molar-refractivity contribution in [3.63, 3.8) is 0 Å². The number of imide groups is 1. The molecule has 0 radical (unpaired) electrons. The van der Waals surface area contributed by atoms with E-state index in [-0.39, 0.29) is 47.2 Å². The largest absolute Gasteiger partial charge is 0.456 e. The molecule has 1 saturated carbocycles. The number of hydrogen-bond acceptors (Lipinski definition) is 5. The van der Waals surface area contributed by atoms with Gasteiger partial charge in [-0.3, -0.25) is 19.3 Å². The number of allylic oxidation sites excluding steroid dienone is 2. The van der Waals surface area contributed by atoms with Gasteiger partial charge in [0, 0.05) is 5.56 Å². The molecule has 0 spiro atoms. The molecule has 5 atom stereocenters. The van der Waals surface area contributed by atoms with Crippen molar-refractivity contribution in [1.29, 1.82) is 0 Å². The summed E-state index contributed by atoms with van der Waals surface area (Å²) in [4.78, 5) is 52.3. The minimum atomic E-state index is -1.01. The Balaban J connectivity index is 1.47. The van der Waals surface area contributed by atoms with Crippen molar-refractivity contribution in [1.82, 2.24) is 4.90 Å². The van der Waals surface area contributed by atoms with E-state index in [4.69, 9.17) is 4.74 Å². The first-order chi connectivity index (χ1) is 13.8. The van der Waals surface area contributed by atoms with Gasteiger partial charge in [-0.15, -0.1) is 0 Å². The maximum Gasteiger partial charge on any atom is 0.330 e. The Morgan fingerprint density at radius 1 is 1.03 bits per heavy atom. The molecular formula is C23H25NO5. The van der Waals surface area contributed by atoms with E-state index < -0.39 is 18.6 Å². The fourth-order valence-corrected chi connectivity index (χ4v) is 4.92. The number of amides is 2. The molecule has 0 aromatic heterocycles. The van der Waals surface area contributed by atoms with Crippen LogP contribution in [0.1, 0.15) is 36.2 Å². The predicted molar refractivity (Wildman–Crippen MR) is 105 cm³/mol. The lowest BCUT2D eigenvalue weighted by Gasteiger charge is -2.28. The average Bonchev–Trinajstić information content (AvgIpc) is 3.36. The molecule has 2 bridgehead atoms. The lowest BCUT2D eigenvalue weighted by molar-refractivity contribution is -0.160. The van der Waals surface area contributed by atoms with Gasteiger partial charge in [0.1, 0.15) is 6.04 Å². The Morgan fingerprint density at radius 2 is 1.59 bits per heavy atom. The Bertz CT molecular complexity index is 870. The second-order valence-corrected chi connectivity index (χ2v) is 8.63. The Kier molecular flexibility index (Phi) is 4.89. The van der Waals surface area contributed by atoms with Gasteiger partial charge in [0.15, 0.2) is 12.4 Å². The van der Waals surface area contributed by atoms with Gasteiger partial charge < -0.3 is 4.74 Å². The summed E-state index contributed by atoms with van der Waals surface area (Å²) < 4.78 is 5.26. The number of esters is 1. The van der Waals surface area contributed by atoms with Gasteiger partial charge in [0.2, 0.25) is 11.8 Å². The maximum absolute atomic E-state index is 13.0. The molecule has 0 N–H and O–H groups in total. The molecule has 1 aliphatic heterocycles. The monoisotopic (exact) mass is 395 g/mol. The van der Waals surface area contributed by atoms with Crippen LogP contribution in [0.2, 0.25) is 0 Å². The van der Waals surface area contributed by atoms with Gasteiger partial charge in [-0.1, -0.05) is 55.8 Å². The van der Waals surface area contributed by atoms with Gasteiger partial charge in [-0.05, 0) is 31.1 Å². The molecule has 2 amide bonds. The summed E-state index contributed by atoms with van der Waals surface area (Å²) in [5.41, 5.74) is 1.48. The summed E-state index contributed by atoms with van der Waals surface area (Å²) in [5.74, 6) is -2.45. The van der Waals surface area contributed by atoms with Crippen LogP contribution in [0.3, 0.4) is 0 Å². The smallest absolute Gasteiger partial charge is 0.330 e. The van der Waals surface area contributed by atoms with E-state index in [9.17, 15) is 19.2 Å². The zero-order valence-electron chi connectivity index (χ0n) is 16.8. The SMILES string of the molecule is Cc1ccc(C(=O)COC(=O)[C@@H](C(C)C)N2C(=O)[C@@H]3[C@H](C2=O)[C@H]2C=C[C@H]3C2)cc1. The number of aryl methyl sites for hydroxylation is 1. The molecule has 1 aromatic carbocycles. The van der Waals surface area contributed by atoms with E-state index in [1.807, 2.05) is 31.2 Å². The van der Waals surface area contributed by atoms with Gasteiger partial charge in [-0.25, -0.2) is 4.79 Å². The second-order valence-electron chi connectivity index (χ2n) is 8.63. The zero-order valence-corrected chi connectivity index (χ0v) is 16.8. The van der Waals surface area contributed by atoms with E-state index in [1.54, 1.807) is 26.0 Å². The van der Waals surface area contributed by atoms with Gasteiger partial charge in [0.05, 0.1) is 11.8 Å². The number of fused-ring (bicyclic) bond motifs is 5. The number of Topliss-reactive ketones (excluding diaryl/α,β-unsaturated/α-hetero) is 1. The number of benzene rings is 1. The van der Waals surface area contributed by atoms with Crippen LogP contribution in [0.4, 0.5) is 0 Å². The minimum absolute atomic E-state index is 0.0818. The highest BCUT2D eigenvalue weighted by molar-refractivity contribution is 6.09. The third kappa shape index (κ3) is 3.20.